The number of nitro benzene ring substituents is 1. The van der Waals surface area contributed by atoms with E-state index in [-0.39, 0.29) is 11.8 Å². The van der Waals surface area contributed by atoms with Crippen LogP contribution in [0.25, 0.3) is 11.4 Å². The Labute approximate surface area is 146 Å². The lowest BCUT2D eigenvalue weighted by atomic mass is 10.2. The average Bonchev–Trinajstić information content (AvgIpc) is 2.60. The molecule has 2 aromatic rings. The zero-order valence-electron chi connectivity index (χ0n) is 14.3. The molecule has 1 atom stereocenters. The third-order valence-electron chi connectivity index (χ3n) is 4.04. The number of nitrogens with one attached hydrogen (secondary N) is 1. The molecule has 3 rings (SSSR count). The SMILES string of the molecule is Cc1cc(NCC2CN(C)CCO2)nc(-c2ccc([N+](=O)[O-])cc2)n1. The van der Waals surface area contributed by atoms with Crippen molar-refractivity contribution in [3.63, 3.8) is 0 Å². The molecule has 132 valence electrons. The summed E-state index contributed by atoms with van der Waals surface area (Å²) in [6.45, 7) is 5.13. The molecule has 2 heterocycles. The highest BCUT2D eigenvalue weighted by atomic mass is 16.6. The van der Waals surface area contributed by atoms with Crippen LogP contribution in [0.5, 0.6) is 0 Å². The summed E-state index contributed by atoms with van der Waals surface area (Å²) in [7, 11) is 2.08. The Hall–Kier alpha value is -2.58. The van der Waals surface area contributed by atoms with Gasteiger partial charge in [0.25, 0.3) is 5.69 Å². The predicted molar refractivity (Wildman–Crippen MR) is 94.6 cm³/mol. The van der Waals surface area contributed by atoms with Crippen LogP contribution in [0.3, 0.4) is 0 Å². The van der Waals surface area contributed by atoms with Crippen molar-refractivity contribution in [2.75, 3.05) is 38.6 Å². The van der Waals surface area contributed by atoms with E-state index >= 15 is 0 Å². The van der Waals surface area contributed by atoms with Crippen LogP contribution in [0.4, 0.5) is 11.5 Å². The molecule has 0 aliphatic carbocycles. The lowest BCUT2D eigenvalue weighted by Gasteiger charge is -2.30. The molecule has 1 aliphatic rings. The zero-order chi connectivity index (χ0) is 17.8. The maximum Gasteiger partial charge on any atom is 0.269 e. The molecule has 1 fully saturated rings. The number of hydrogen-bond donors (Lipinski definition) is 1. The molecule has 8 heteroatoms. The topological polar surface area (TPSA) is 93.4 Å². The van der Waals surface area contributed by atoms with Crippen LogP contribution in [-0.4, -0.2) is 59.2 Å². The highest BCUT2D eigenvalue weighted by Crippen LogP contribution is 2.21. The zero-order valence-corrected chi connectivity index (χ0v) is 14.3. The number of nitro groups is 1. The van der Waals surface area contributed by atoms with Crippen LogP contribution in [0.15, 0.2) is 30.3 Å². The minimum Gasteiger partial charge on any atom is -0.374 e. The normalized spacial score (nSPS) is 18.1. The van der Waals surface area contributed by atoms with Gasteiger partial charge in [-0.1, -0.05) is 0 Å². The van der Waals surface area contributed by atoms with Gasteiger partial charge < -0.3 is 15.0 Å². The van der Waals surface area contributed by atoms with Crippen LogP contribution in [0, 0.1) is 17.0 Å². The van der Waals surface area contributed by atoms with Crippen LogP contribution in [0.2, 0.25) is 0 Å². The van der Waals surface area contributed by atoms with Crippen LogP contribution in [-0.2, 0) is 4.74 Å². The van der Waals surface area contributed by atoms with Crippen LogP contribution in [0.1, 0.15) is 5.69 Å². The van der Waals surface area contributed by atoms with E-state index in [9.17, 15) is 10.1 Å². The molecule has 1 N–H and O–H groups in total. The average molecular weight is 343 g/mol. The lowest BCUT2D eigenvalue weighted by Crippen LogP contribution is -2.43. The quantitative estimate of drug-likeness (QED) is 0.656. The molecular weight excluding hydrogens is 322 g/mol. The minimum absolute atomic E-state index is 0.0494. The number of anilines is 1. The van der Waals surface area contributed by atoms with E-state index in [4.69, 9.17) is 4.74 Å². The third kappa shape index (κ3) is 4.49. The van der Waals surface area contributed by atoms with E-state index in [0.717, 1.165) is 36.8 Å². The molecule has 1 unspecified atom stereocenters. The highest BCUT2D eigenvalue weighted by Gasteiger charge is 2.17. The summed E-state index contributed by atoms with van der Waals surface area (Å²) >= 11 is 0. The molecule has 8 nitrogen and oxygen atoms in total. The number of nitrogens with zero attached hydrogens (tertiary/aromatic N) is 4. The van der Waals surface area contributed by atoms with E-state index in [1.54, 1.807) is 12.1 Å². The maximum atomic E-state index is 10.8. The van der Waals surface area contributed by atoms with E-state index < -0.39 is 4.92 Å². The third-order valence-corrected chi connectivity index (χ3v) is 4.04. The Morgan fingerprint density at radius 3 is 2.80 bits per heavy atom. The minimum atomic E-state index is -0.422. The molecule has 0 saturated carbocycles. The first kappa shape index (κ1) is 17.2. The van der Waals surface area contributed by atoms with Crippen molar-refractivity contribution in [2.45, 2.75) is 13.0 Å². The van der Waals surface area contributed by atoms with Gasteiger partial charge in [0.05, 0.1) is 17.6 Å². The summed E-state index contributed by atoms with van der Waals surface area (Å²) in [6.07, 6.45) is 0.122. The van der Waals surface area contributed by atoms with Crippen molar-refractivity contribution in [1.29, 1.82) is 0 Å². The molecule has 1 saturated heterocycles. The number of likely N-dealkylation sites (N-methyl/N-ethyl adjacent to an activating group) is 1. The Morgan fingerprint density at radius 2 is 2.12 bits per heavy atom. The summed E-state index contributed by atoms with van der Waals surface area (Å²) in [6, 6.07) is 8.12. The Bertz CT molecular complexity index is 750. The number of hydrogen-bond acceptors (Lipinski definition) is 7. The second-order valence-corrected chi connectivity index (χ2v) is 6.16. The van der Waals surface area contributed by atoms with Gasteiger partial charge in [-0.2, -0.15) is 0 Å². The fourth-order valence-electron chi connectivity index (χ4n) is 2.73. The second kappa shape index (κ2) is 7.54. The Balaban J connectivity index is 1.72. The van der Waals surface area contributed by atoms with Crippen molar-refractivity contribution in [2.24, 2.45) is 0 Å². The van der Waals surface area contributed by atoms with E-state index in [2.05, 4.69) is 27.2 Å². The number of benzene rings is 1. The van der Waals surface area contributed by atoms with Crippen molar-refractivity contribution >= 4 is 11.5 Å². The number of rotatable bonds is 5. The summed E-state index contributed by atoms with van der Waals surface area (Å²) < 4.78 is 5.74. The van der Waals surface area contributed by atoms with E-state index in [1.165, 1.54) is 12.1 Å². The summed E-state index contributed by atoms with van der Waals surface area (Å²) in [5.74, 6) is 1.26. The van der Waals surface area contributed by atoms with E-state index in [1.807, 2.05) is 13.0 Å². The second-order valence-electron chi connectivity index (χ2n) is 6.16. The van der Waals surface area contributed by atoms with Crippen molar-refractivity contribution in [1.82, 2.24) is 14.9 Å². The molecule has 25 heavy (non-hydrogen) atoms. The van der Waals surface area contributed by atoms with Crippen molar-refractivity contribution < 1.29 is 9.66 Å². The highest BCUT2D eigenvalue weighted by molar-refractivity contribution is 5.59. The summed E-state index contributed by atoms with van der Waals surface area (Å²) in [4.78, 5) is 21.5. The maximum absolute atomic E-state index is 10.8. The number of non-ortho nitro benzene ring substituents is 1. The Morgan fingerprint density at radius 1 is 1.36 bits per heavy atom. The van der Waals surface area contributed by atoms with Gasteiger partial charge in [-0.25, -0.2) is 9.97 Å². The number of morpholine rings is 1. The van der Waals surface area contributed by atoms with E-state index in [0.29, 0.717) is 12.4 Å². The first-order valence-corrected chi connectivity index (χ1v) is 8.16. The van der Waals surface area contributed by atoms with Crippen LogP contribution < -0.4 is 5.32 Å². The molecule has 1 aliphatic heterocycles. The first-order chi connectivity index (χ1) is 12.0. The van der Waals surface area contributed by atoms with Gasteiger partial charge in [0, 0.05) is 49.1 Å². The molecule has 0 spiro atoms. The smallest absolute Gasteiger partial charge is 0.269 e. The van der Waals surface area contributed by atoms with Crippen molar-refractivity contribution in [3.05, 3.63) is 46.1 Å². The molecule has 1 aromatic heterocycles. The summed E-state index contributed by atoms with van der Waals surface area (Å²) in [5.41, 5.74) is 1.62. The monoisotopic (exact) mass is 343 g/mol. The van der Waals surface area contributed by atoms with Gasteiger partial charge in [0.1, 0.15) is 5.82 Å². The van der Waals surface area contributed by atoms with Gasteiger partial charge in [-0.15, -0.1) is 0 Å². The molecule has 0 radical (unpaired) electrons. The first-order valence-electron chi connectivity index (χ1n) is 8.16. The fourth-order valence-corrected chi connectivity index (χ4v) is 2.73. The van der Waals surface area contributed by atoms with Gasteiger partial charge in [0.15, 0.2) is 5.82 Å². The molecule has 0 amide bonds. The predicted octanol–water partition coefficient (Wildman–Crippen LogP) is 2.10. The van der Waals surface area contributed by atoms with Gasteiger partial charge in [0.2, 0.25) is 0 Å². The fraction of sp³-hybridized carbons (Fsp3) is 0.412. The lowest BCUT2D eigenvalue weighted by molar-refractivity contribution is -0.384. The van der Waals surface area contributed by atoms with Crippen molar-refractivity contribution in [3.8, 4) is 11.4 Å². The number of aromatic nitrogens is 2. The molecular formula is C17H21N5O3. The van der Waals surface area contributed by atoms with Gasteiger partial charge in [-0.05, 0) is 26.1 Å². The van der Waals surface area contributed by atoms with Gasteiger partial charge in [-0.3, -0.25) is 10.1 Å². The number of aryl methyl sites for hydroxylation is 1. The largest absolute Gasteiger partial charge is 0.374 e. The number of ether oxygens (including phenoxy) is 1. The standard InChI is InChI=1S/C17H21N5O3/c1-12-9-16(18-10-15-11-21(2)7-8-25-15)20-17(19-12)13-3-5-14(6-4-13)22(23)24/h3-6,9,15H,7-8,10-11H2,1-2H3,(H,18,19,20). The molecule has 0 bridgehead atoms. The Kier molecular flexibility index (Phi) is 5.20. The van der Waals surface area contributed by atoms with Gasteiger partial charge >= 0.3 is 0 Å². The molecule has 1 aromatic carbocycles. The summed E-state index contributed by atoms with van der Waals surface area (Å²) in [5, 5.41) is 14.1. The van der Waals surface area contributed by atoms with Crippen LogP contribution >= 0.6 is 0 Å².